The van der Waals surface area contributed by atoms with E-state index in [1.807, 2.05) is 10.3 Å². The second-order valence-corrected chi connectivity index (χ2v) is 10.3. The van der Waals surface area contributed by atoms with Crippen LogP contribution < -0.4 is 0 Å². The molecular weight excluding hydrogens is 529 g/mol. The summed E-state index contributed by atoms with van der Waals surface area (Å²) in [5.74, 6) is -1.23. The number of carbonyl (C=O) groups is 1. The van der Waals surface area contributed by atoms with Gasteiger partial charge < -0.3 is 9.63 Å². The third-order valence-electron chi connectivity index (χ3n) is 6.94. The molecule has 1 aromatic carbocycles. The first-order valence-corrected chi connectivity index (χ1v) is 13.0. The van der Waals surface area contributed by atoms with Crippen LogP contribution >= 0.6 is 11.3 Å². The van der Waals surface area contributed by atoms with Crippen molar-refractivity contribution >= 4 is 23.3 Å². The van der Waals surface area contributed by atoms with Crippen LogP contribution in [-0.2, 0) is 22.4 Å². The number of likely N-dealkylation sites (tertiary alicyclic amines) is 1. The molecule has 202 valence electrons. The van der Waals surface area contributed by atoms with Crippen LogP contribution in [-0.4, -0.2) is 50.8 Å². The van der Waals surface area contributed by atoms with Crippen LogP contribution in [0.15, 0.2) is 34.8 Å². The number of thiazole rings is 1. The van der Waals surface area contributed by atoms with Crippen molar-refractivity contribution in [1.82, 2.24) is 19.7 Å². The molecule has 0 spiro atoms. The van der Waals surface area contributed by atoms with Crippen LogP contribution in [0.5, 0.6) is 0 Å². The summed E-state index contributed by atoms with van der Waals surface area (Å²) in [4.78, 5) is 23.8. The number of benzene rings is 1. The Hall–Kier alpha value is -3.19. The Kier molecular flexibility index (Phi) is 7.32. The SMILES string of the molecule is Cc1cc(C(F)(F)F)nn1CC(C=O)N1CCC(c2nc(C3=NO[C@H](c4c(F)cccc4F)C3)cs2)CC1. The van der Waals surface area contributed by atoms with Crippen molar-refractivity contribution in [2.75, 3.05) is 13.1 Å². The van der Waals surface area contributed by atoms with E-state index in [1.165, 1.54) is 41.1 Å². The van der Waals surface area contributed by atoms with Crippen molar-refractivity contribution in [1.29, 1.82) is 0 Å². The van der Waals surface area contributed by atoms with Gasteiger partial charge in [-0.2, -0.15) is 18.3 Å². The minimum Gasteiger partial charge on any atom is -0.387 e. The summed E-state index contributed by atoms with van der Waals surface area (Å²) >= 11 is 1.47. The predicted octanol–water partition coefficient (Wildman–Crippen LogP) is 5.26. The Morgan fingerprint density at radius 3 is 2.55 bits per heavy atom. The number of halogens is 5. The first kappa shape index (κ1) is 26.4. The summed E-state index contributed by atoms with van der Waals surface area (Å²) in [6, 6.07) is 4.03. The number of aryl methyl sites for hydroxylation is 1. The molecule has 2 aliphatic rings. The standard InChI is InChI=1S/C25H24F5N5O2S/c1-14-9-22(25(28,29)30)32-35(14)11-16(12-36)34-7-5-15(6-8-34)24-31-20(13-38-24)19-10-21(37-33-19)23-17(26)3-2-4-18(23)27/h2-4,9,12-13,15-16,21H,5-8,10-11H2,1H3/t16?,21-/m0/s1. The zero-order chi connectivity index (χ0) is 27.0. The molecule has 2 aromatic heterocycles. The molecule has 0 aliphatic carbocycles. The fourth-order valence-corrected chi connectivity index (χ4v) is 5.84. The maximum Gasteiger partial charge on any atom is 0.435 e. The van der Waals surface area contributed by atoms with E-state index in [4.69, 9.17) is 9.82 Å². The number of alkyl halides is 3. The van der Waals surface area contributed by atoms with E-state index in [1.54, 1.807) is 0 Å². The fraction of sp³-hybridized carbons (Fsp3) is 0.440. The van der Waals surface area contributed by atoms with Crippen LogP contribution in [0.4, 0.5) is 22.0 Å². The second-order valence-electron chi connectivity index (χ2n) is 9.41. The molecule has 7 nitrogen and oxygen atoms in total. The molecule has 0 radical (unpaired) electrons. The minimum absolute atomic E-state index is 0.0427. The topological polar surface area (TPSA) is 72.6 Å². The van der Waals surface area contributed by atoms with Gasteiger partial charge in [0.15, 0.2) is 11.8 Å². The summed E-state index contributed by atoms with van der Waals surface area (Å²) in [6.07, 6.45) is -3.01. The van der Waals surface area contributed by atoms with Gasteiger partial charge in [-0.15, -0.1) is 11.3 Å². The van der Waals surface area contributed by atoms with Gasteiger partial charge >= 0.3 is 6.18 Å². The zero-order valence-corrected chi connectivity index (χ0v) is 21.1. The van der Waals surface area contributed by atoms with Gasteiger partial charge in [0.2, 0.25) is 0 Å². The van der Waals surface area contributed by atoms with Crippen molar-refractivity contribution < 1.29 is 31.6 Å². The molecule has 1 fully saturated rings. The Morgan fingerprint density at radius 1 is 1.21 bits per heavy atom. The lowest BCUT2D eigenvalue weighted by atomic mass is 9.96. The molecule has 0 bridgehead atoms. The van der Waals surface area contributed by atoms with Gasteiger partial charge in [0, 0.05) is 23.4 Å². The number of oxime groups is 1. The average Bonchev–Trinajstić information content (AvgIpc) is 3.63. The first-order chi connectivity index (χ1) is 18.1. The molecule has 0 amide bonds. The number of aromatic nitrogens is 3. The summed E-state index contributed by atoms with van der Waals surface area (Å²) in [5.41, 5.74) is 0.339. The highest BCUT2D eigenvalue weighted by Gasteiger charge is 2.35. The molecule has 1 saturated heterocycles. The Labute approximate surface area is 218 Å². The van der Waals surface area contributed by atoms with Crippen molar-refractivity contribution in [3.63, 3.8) is 0 Å². The van der Waals surface area contributed by atoms with E-state index in [0.717, 1.165) is 30.2 Å². The Bertz CT molecular complexity index is 1330. The quantitative estimate of drug-likeness (QED) is 0.295. The molecule has 5 rings (SSSR count). The first-order valence-electron chi connectivity index (χ1n) is 12.1. The van der Waals surface area contributed by atoms with Crippen LogP contribution in [0.3, 0.4) is 0 Å². The zero-order valence-electron chi connectivity index (χ0n) is 20.3. The number of hydrogen-bond donors (Lipinski definition) is 0. The molecular formula is C25H24F5N5O2S. The van der Waals surface area contributed by atoms with E-state index in [0.29, 0.717) is 30.2 Å². The van der Waals surface area contributed by atoms with Crippen LogP contribution in [0.25, 0.3) is 0 Å². The number of aldehydes is 1. The van der Waals surface area contributed by atoms with E-state index >= 15 is 0 Å². The van der Waals surface area contributed by atoms with Crippen molar-refractivity contribution in [3.8, 4) is 0 Å². The minimum atomic E-state index is -4.54. The lowest BCUT2D eigenvalue weighted by Gasteiger charge is -2.34. The molecule has 4 heterocycles. The highest BCUT2D eigenvalue weighted by Crippen LogP contribution is 2.35. The Balaban J connectivity index is 1.18. The molecule has 2 aliphatic heterocycles. The van der Waals surface area contributed by atoms with E-state index in [9.17, 15) is 26.7 Å². The van der Waals surface area contributed by atoms with Crippen molar-refractivity contribution in [2.45, 2.75) is 57.0 Å². The normalized spacial score (nSPS) is 19.8. The van der Waals surface area contributed by atoms with Gasteiger partial charge in [0.1, 0.15) is 23.6 Å². The molecule has 1 unspecified atom stereocenters. The van der Waals surface area contributed by atoms with Gasteiger partial charge in [-0.3, -0.25) is 9.58 Å². The summed E-state index contributed by atoms with van der Waals surface area (Å²) in [5, 5.41) is 10.4. The third kappa shape index (κ3) is 5.35. The highest BCUT2D eigenvalue weighted by molar-refractivity contribution is 7.10. The Morgan fingerprint density at radius 2 is 1.92 bits per heavy atom. The number of rotatable bonds is 7. The molecule has 0 N–H and O–H groups in total. The summed E-state index contributed by atoms with van der Waals surface area (Å²) < 4.78 is 68.4. The maximum atomic E-state index is 14.1. The number of nitrogens with zero attached hydrogens (tertiary/aromatic N) is 5. The van der Waals surface area contributed by atoms with Gasteiger partial charge in [-0.1, -0.05) is 11.2 Å². The largest absolute Gasteiger partial charge is 0.435 e. The van der Waals surface area contributed by atoms with E-state index < -0.39 is 35.7 Å². The lowest BCUT2D eigenvalue weighted by molar-refractivity contribution is -0.141. The van der Waals surface area contributed by atoms with Crippen LogP contribution in [0.2, 0.25) is 0 Å². The van der Waals surface area contributed by atoms with Crippen LogP contribution in [0, 0.1) is 18.6 Å². The van der Waals surface area contributed by atoms with Gasteiger partial charge in [0.25, 0.3) is 0 Å². The third-order valence-corrected chi connectivity index (χ3v) is 7.95. The lowest BCUT2D eigenvalue weighted by Crippen LogP contribution is -2.44. The van der Waals surface area contributed by atoms with E-state index in [-0.39, 0.29) is 24.4 Å². The molecule has 13 heteroatoms. The number of hydrogen-bond acceptors (Lipinski definition) is 7. The van der Waals surface area contributed by atoms with E-state index in [2.05, 4.69) is 10.3 Å². The van der Waals surface area contributed by atoms with Gasteiger partial charge in [0.05, 0.1) is 28.9 Å². The smallest absolute Gasteiger partial charge is 0.387 e. The molecule has 3 aromatic rings. The highest BCUT2D eigenvalue weighted by atomic mass is 32.1. The van der Waals surface area contributed by atoms with Crippen LogP contribution in [0.1, 0.15) is 58.9 Å². The molecule has 2 atom stereocenters. The van der Waals surface area contributed by atoms with Crippen molar-refractivity contribution in [3.05, 3.63) is 68.9 Å². The molecule has 0 saturated carbocycles. The van der Waals surface area contributed by atoms with Gasteiger partial charge in [-0.05, 0) is 51.1 Å². The predicted molar refractivity (Wildman–Crippen MR) is 129 cm³/mol. The van der Waals surface area contributed by atoms with Gasteiger partial charge in [-0.25, -0.2) is 13.8 Å². The van der Waals surface area contributed by atoms with Crippen molar-refractivity contribution in [2.24, 2.45) is 5.16 Å². The number of carbonyl (C=O) groups excluding carboxylic acids is 1. The maximum absolute atomic E-state index is 14.1. The summed E-state index contributed by atoms with van der Waals surface area (Å²) in [6.45, 7) is 2.73. The number of piperidine rings is 1. The molecule has 38 heavy (non-hydrogen) atoms. The monoisotopic (exact) mass is 553 g/mol. The fourth-order valence-electron chi connectivity index (χ4n) is 4.84. The second kappa shape index (κ2) is 10.5. The summed E-state index contributed by atoms with van der Waals surface area (Å²) in [7, 11) is 0. The average molecular weight is 554 g/mol.